The maximum Gasteiger partial charge on any atom is 0.249 e. The summed E-state index contributed by atoms with van der Waals surface area (Å²) < 4.78 is 0.723. The second kappa shape index (κ2) is 4.18. The van der Waals surface area contributed by atoms with Crippen molar-refractivity contribution in [2.75, 3.05) is 0 Å². The van der Waals surface area contributed by atoms with E-state index in [1.54, 1.807) is 30.3 Å². The van der Waals surface area contributed by atoms with Gasteiger partial charge in [0, 0.05) is 21.0 Å². The summed E-state index contributed by atoms with van der Waals surface area (Å²) in [6, 6.07) is 8.45. The standard InChI is InChI=1S/C12H9BrN2O2/c13-7-4-6-2-1-3-8(11(14)16)10(6)9(5-7)12(15)17/h1-5H,(H2,14,16)(H2,15,17). The fourth-order valence-corrected chi connectivity index (χ4v) is 2.27. The molecule has 0 unspecified atom stereocenters. The van der Waals surface area contributed by atoms with E-state index in [0.29, 0.717) is 10.9 Å². The van der Waals surface area contributed by atoms with E-state index in [0.717, 1.165) is 9.86 Å². The molecule has 2 amide bonds. The lowest BCUT2D eigenvalue weighted by Gasteiger charge is -2.08. The third-order valence-corrected chi connectivity index (χ3v) is 2.93. The molecule has 0 aliphatic heterocycles. The summed E-state index contributed by atoms with van der Waals surface area (Å²) in [7, 11) is 0. The van der Waals surface area contributed by atoms with Crippen molar-refractivity contribution in [3.63, 3.8) is 0 Å². The molecular weight excluding hydrogens is 284 g/mol. The topological polar surface area (TPSA) is 86.2 Å². The number of fused-ring (bicyclic) bond motifs is 1. The first-order valence-electron chi connectivity index (χ1n) is 4.82. The fraction of sp³-hybridized carbons (Fsp3) is 0. The minimum atomic E-state index is -0.593. The van der Waals surface area contributed by atoms with Crippen LogP contribution in [0.3, 0.4) is 0 Å². The molecule has 2 aromatic rings. The molecule has 0 fully saturated rings. The van der Waals surface area contributed by atoms with E-state index in [-0.39, 0.29) is 5.56 Å². The smallest absolute Gasteiger partial charge is 0.249 e. The van der Waals surface area contributed by atoms with E-state index >= 15 is 0 Å². The number of nitrogens with two attached hydrogens (primary N) is 2. The summed E-state index contributed by atoms with van der Waals surface area (Å²) >= 11 is 3.29. The number of rotatable bonds is 2. The quantitative estimate of drug-likeness (QED) is 0.884. The van der Waals surface area contributed by atoms with Gasteiger partial charge in [-0.2, -0.15) is 0 Å². The van der Waals surface area contributed by atoms with Gasteiger partial charge in [-0.05, 0) is 23.6 Å². The van der Waals surface area contributed by atoms with Crippen LogP contribution in [0.1, 0.15) is 20.7 Å². The summed E-state index contributed by atoms with van der Waals surface area (Å²) in [4.78, 5) is 22.7. The van der Waals surface area contributed by atoms with Crippen LogP contribution in [0.5, 0.6) is 0 Å². The number of carbonyl (C=O) groups excluding carboxylic acids is 2. The van der Waals surface area contributed by atoms with Crippen LogP contribution in [-0.2, 0) is 0 Å². The Kier molecular flexibility index (Phi) is 2.85. The monoisotopic (exact) mass is 292 g/mol. The van der Waals surface area contributed by atoms with Gasteiger partial charge in [0.2, 0.25) is 11.8 Å². The van der Waals surface area contributed by atoms with Crippen molar-refractivity contribution in [3.05, 3.63) is 45.9 Å². The molecule has 0 aromatic heterocycles. The summed E-state index contributed by atoms with van der Waals surface area (Å²) in [5.41, 5.74) is 11.2. The van der Waals surface area contributed by atoms with Crippen molar-refractivity contribution in [3.8, 4) is 0 Å². The zero-order valence-corrected chi connectivity index (χ0v) is 10.3. The molecule has 4 nitrogen and oxygen atoms in total. The highest BCUT2D eigenvalue weighted by Gasteiger charge is 2.14. The van der Waals surface area contributed by atoms with Gasteiger partial charge in [-0.15, -0.1) is 0 Å². The van der Waals surface area contributed by atoms with Crippen LogP contribution in [0.15, 0.2) is 34.8 Å². The molecule has 0 atom stereocenters. The van der Waals surface area contributed by atoms with Gasteiger partial charge in [0.1, 0.15) is 0 Å². The number of primary amides is 2. The molecule has 0 spiro atoms. The van der Waals surface area contributed by atoms with Crippen LogP contribution in [0, 0.1) is 0 Å². The van der Waals surface area contributed by atoms with Crippen LogP contribution in [-0.4, -0.2) is 11.8 Å². The van der Waals surface area contributed by atoms with Crippen LogP contribution >= 0.6 is 15.9 Å². The number of amides is 2. The Hall–Kier alpha value is -1.88. The summed E-state index contributed by atoms with van der Waals surface area (Å²) in [6.45, 7) is 0. The Bertz CT molecular complexity index is 638. The van der Waals surface area contributed by atoms with Crippen molar-refractivity contribution >= 4 is 38.5 Å². The van der Waals surface area contributed by atoms with Gasteiger partial charge in [-0.3, -0.25) is 9.59 Å². The van der Waals surface area contributed by atoms with E-state index in [9.17, 15) is 9.59 Å². The molecular formula is C12H9BrN2O2. The molecule has 0 heterocycles. The molecule has 0 aliphatic rings. The van der Waals surface area contributed by atoms with E-state index in [4.69, 9.17) is 11.5 Å². The zero-order valence-electron chi connectivity index (χ0n) is 8.74. The molecule has 0 saturated heterocycles. The van der Waals surface area contributed by atoms with Gasteiger partial charge in [0.15, 0.2) is 0 Å². The molecule has 0 bridgehead atoms. The first-order valence-corrected chi connectivity index (χ1v) is 5.62. The van der Waals surface area contributed by atoms with Gasteiger partial charge < -0.3 is 11.5 Å². The molecule has 5 heteroatoms. The maximum atomic E-state index is 11.4. The van der Waals surface area contributed by atoms with Gasteiger partial charge in [-0.1, -0.05) is 28.1 Å². The first kappa shape index (κ1) is 11.6. The highest BCUT2D eigenvalue weighted by Crippen LogP contribution is 2.27. The SMILES string of the molecule is NC(=O)c1cccc2cc(Br)cc(C(N)=O)c12. The first-order chi connectivity index (χ1) is 8.00. The van der Waals surface area contributed by atoms with Gasteiger partial charge >= 0.3 is 0 Å². The third-order valence-electron chi connectivity index (χ3n) is 2.47. The normalized spacial score (nSPS) is 10.4. The summed E-state index contributed by atoms with van der Waals surface area (Å²) in [5.74, 6) is -1.18. The Morgan fingerprint density at radius 2 is 1.65 bits per heavy atom. The highest BCUT2D eigenvalue weighted by molar-refractivity contribution is 9.10. The summed E-state index contributed by atoms with van der Waals surface area (Å²) in [6.07, 6.45) is 0. The molecule has 0 saturated carbocycles. The second-order valence-electron chi connectivity index (χ2n) is 3.59. The third kappa shape index (κ3) is 2.01. The summed E-state index contributed by atoms with van der Waals surface area (Å²) in [5, 5.41) is 1.24. The van der Waals surface area contributed by atoms with E-state index in [1.165, 1.54) is 0 Å². The number of halogens is 1. The lowest BCUT2D eigenvalue weighted by atomic mass is 9.98. The molecule has 2 aromatic carbocycles. The molecule has 17 heavy (non-hydrogen) atoms. The van der Waals surface area contributed by atoms with Crippen LogP contribution in [0.4, 0.5) is 0 Å². The number of hydrogen-bond donors (Lipinski definition) is 2. The lowest BCUT2D eigenvalue weighted by molar-refractivity contribution is 0.0998. The number of carbonyl (C=O) groups is 2. The second-order valence-corrected chi connectivity index (χ2v) is 4.50. The molecule has 4 N–H and O–H groups in total. The Morgan fingerprint density at radius 1 is 1.00 bits per heavy atom. The Labute approximate surface area is 106 Å². The highest BCUT2D eigenvalue weighted by atomic mass is 79.9. The lowest BCUT2D eigenvalue weighted by Crippen LogP contribution is -2.16. The van der Waals surface area contributed by atoms with Crippen molar-refractivity contribution in [1.29, 1.82) is 0 Å². The minimum Gasteiger partial charge on any atom is -0.366 e. The van der Waals surface area contributed by atoms with Gasteiger partial charge in [0.25, 0.3) is 0 Å². The van der Waals surface area contributed by atoms with Crippen molar-refractivity contribution in [1.82, 2.24) is 0 Å². The molecule has 0 radical (unpaired) electrons. The van der Waals surface area contributed by atoms with Crippen LogP contribution in [0.2, 0.25) is 0 Å². The minimum absolute atomic E-state index is 0.281. The largest absolute Gasteiger partial charge is 0.366 e. The maximum absolute atomic E-state index is 11.4. The predicted octanol–water partition coefficient (Wildman–Crippen LogP) is 1.80. The average Bonchev–Trinajstić information content (AvgIpc) is 2.26. The van der Waals surface area contributed by atoms with E-state index in [1.807, 2.05) is 0 Å². The Morgan fingerprint density at radius 3 is 2.24 bits per heavy atom. The predicted molar refractivity (Wildman–Crippen MR) is 68.7 cm³/mol. The van der Waals surface area contributed by atoms with Gasteiger partial charge in [0.05, 0.1) is 0 Å². The van der Waals surface area contributed by atoms with E-state index < -0.39 is 11.8 Å². The van der Waals surface area contributed by atoms with E-state index in [2.05, 4.69) is 15.9 Å². The van der Waals surface area contributed by atoms with Crippen molar-refractivity contribution in [2.45, 2.75) is 0 Å². The van der Waals surface area contributed by atoms with Crippen molar-refractivity contribution < 1.29 is 9.59 Å². The van der Waals surface area contributed by atoms with Crippen LogP contribution < -0.4 is 11.5 Å². The van der Waals surface area contributed by atoms with Gasteiger partial charge in [-0.25, -0.2) is 0 Å². The number of hydrogen-bond acceptors (Lipinski definition) is 2. The van der Waals surface area contributed by atoms with Crippen LogP contribution in [0.25, 0.3) is 10.8 Å². The van der Waals surface area contributed by atoms with Crippen molar-refractivity contribution in [2.24, 2.45) is 11.5 Å². The zero-order chi connectivity index (χ0) is 12.6. The molecule has 86 valence electrons. The molecule has 2 rings (SSSR count). The molecule has 0 aliphatic carbocycles. The average molecular weight is 293 g/mol. The fourth-order valence-electron chi connectivity index (χ4n) is 1.79. The Balaban J connectivity index is 2.96. The number of benzene rings is 2.